The minimum Gasteiger partial charge on any atom is -0.368 e. The summed E-state index contributed by atoms with van der Waals surface area (Å²) in [7, 11) is 0. The highest BCUT2D eigenvalue weighted by Crippen LogP contribution is 2.29. The first-order valence-electron chi connectivity index (χ1n) is 11.7. The number of benzene rings is 3. The van der Waals surface area contributed by atoms with Gasteiger partial charge in [0.05, 0.1) is 6.42 Å². The highest BCUT2D eigenvalue weighted by Gasteiger charge is 2.21. The van der Waals surface area contributed by atoms with Gasteiger partial charge in [-0.1, -0.05) is 69.5 Å². The number of rotatable bonds is 6. The number of anilines is 2. The van der Waals surface area contributed by atoms with Gasteiger partial charge >= 0.3 is 11.8 Å². The molecule has 0 atom stereocenters. The van der Waals surface area contributed by atoms with Crippen LogP contribution >= 0.6 is 39.1 Å². The zero-order chi connectivity index (χ0) is 26.4. The van der Waals surface area contributed by atoms with E-state index in [2.05, 4.69) is 43.6 Å². The number of nitrogens with one attached hydrogen (secondary N) is 2. The van der Waals surface area contributed by atoms with E-state index >= 15 is 0 Å². The maximum Gasteiger partial charge on any atom is 0.313 e. The predicted molar refractivity (Wildman–Crippen MR) is 150 cm³/mol. The Morgan fingerprint density at radius 3 is 2.08 bits per heavy atom. The van der Waals surface area contributed by atoms with E-state index in [-0.39, 0.29) is 18.9 Å². The van der Waals surface area contributed by atoms with Gasteiger partial charge in [0, 0.05) is 64.2 Å². The Bertz CT molecular complexity index is 1260. The van der Waals surface area contributed by atoms with Gasteiger partial charge in [-0.15, -0.1) is 0 Å². The molecule has 0 unspecified atom stereocenters. The van der Waals surface area contributed by atoms with E-state index in [1.54, 1.807) is 36.4 Å². The molecule has 37 heavy (non-hydrogen) atoms. The number of halogens is 3. The van der Waals surface area contributed by atoms with Crippen LogP contribution in [0.4, 0.5) is 11.4 Å². The molecule has 0 saturated carbocycles. The van der Waals surface area contributed by atoms with Gasteiger partial charge in [-0.3, -0.25) is 14.4 Å². The zero-order valence-corrected chi connectivity index (χ0v) is 22.9. The SMILES string of the molecule is O=C(NCc1c(Cl)cc(Br)cc1Cl)C(=O)Nc1ccc(CC(=O)N2CCN(c3ccccc3)CC2)cc1. The van der Waals surface area contributed by atoms with Crippen LogP contribution in [0.1, 0.15) is 11.1 Å². The lowest BCUT2D eigenvalue weighted by atomic mass is 10.1. The van der Waals surface area contributed by atoms with Gasteiger partial charge in [-0.05, 0) is 42.0 Å². The van der Waals surface area contributed by atoms with Gasteiger partial charge in [0.25, 0.3) is 0 Å². The smallest absolute Gasteiger partial charge is 0.313 e. The van der Waals surface area contributed by atoms with Crippen LogP contribution in [0.15, 0.2) is 71.2 Å². The van der Waals surface area contributed by atoms with Gasteiger partial charge in [0.15, 0.2) is 0 Å². The molecule has 3 aromatic carbocycles. The summed E-state index contributed by atoms with van der Waals surface area (Å²) >= 11 is 15.6. The van der Waals surface area contributed by atoms with Crippen LogP contribution in [-0.4, -0.2) is 48.8 Å². The van der Waals surface area contributed by atoms with Crippen LogP contribution < -0.4 is 15.5 Å². The molecule has 3 aromatic rings. The molecule has 3 amide bonds. The summed E-state index contributed by atoms with van der Waals surface area (Å²) in [6, 6.07) is 20.4. The Hall–Kier alpha value is -3.07. The van der Waals surface area contributed by atoms with E-state index in [9.17, 15) is 14.4 Å². The first-order chi connectivity index (χ1) is 17.8. The van der Waals surface area contributed by atoms with Crippen molar-refractivity contribution in [3.05, 3.63) is 92.4 Å². The second kappa shape index (κ2) is 12.4. The van der Waals surface area contributed by atoms with Gasteiger partial charge < -0.3 is 20.4 Å². The molecule has 192 valence electrons. The average Bonchev–Trinajstić information content (AvgIpc) is 2.89. The maximum absolute atomic E-state index is 12.8. The Labute approximate surface area is 233 Å². The number of hydrogen-bond acceptors (Lipinski definition) is 4. The Morgan fingerprint density at radius 1 is 0.838 bits per heavy atom. The van der Waals surface area contributed by atoms with Gasteiger partial charge in [-0.2, -0.15) is 0 Å². The Balaban J connectivity index is 1.24. The minimum absolute atomic E-state index is 0.0118. The normalized spacial score (nSPS) is 13.3. The summed E-state index contributed by atoms with van der Waals surface area (Å²) < 4.78 is 0.714. The van der Waals surface area contributed by atoms with Crippen molar-refractivity contribution in [3.63, 3.8) is 0 Å². The van der Waals surface area contributed by atoms with E-state index in [1.807, 2.05) is 23.1 Å². The third-order valence-corrected chi connectivity index (χ3v) is 7.19. The Kier molecular flexibility index (Phi) is 9.08. The van der Waals surface area contributed by atoms with Gasteiger partial charge in [-0.25, -0.2) is 0 Å². The fraction of sp³-hybridized carbons (Fsp3) is 0.222. The summed E-state index contributed by atoms with van der Waals surface area (Å²) in [5, 5.41) is 5.83. The fourth-order valence-electron chi connectivity index (χ4n) is 4.02. The third kappa shape index (κ3) is 7.25. The number of piperazine rings is 1. The second-order valence-electron chi connectivity index (χ2n) is 8.56. The van der Waals surface area contributed by atoms with Crippen molar-refractivity contribution >= 4 is 68.2 Å². The first-order valence-corrected chi connectivity index (χ1v) is 13.2. The van der Waals surface area contributed by atoms with Crippen molar-refractivity contribution < 1.29 is 14.4 Å². The van der Waals surface area contributed by atoms with Crippen LogP contribution in [-0.2, 0) is 27.3 Å². The van der Waals surface area contributed by atoms with E-state index < -0.39 is 11.8 Å². The Morgan fingerprint density at radius 2 is 1.46 bits per heavy atom. The summed E-state index contributed by atoms with van der Waals surface area (Å²) in [5.41, 5.74) is 2.97. The number of amides is 3. The summed E-state index contributed by atoms with van der Waals surface area (Å²) in [4.78, 5) is 41.5. The summed E-state index contributed by atoms with van der Waals surface area (Å²) in [6.07, 6.45) is 0.273. The van der Waals surface area contributed by atoms with Crippen molar-refractivity contribution in [1.82, 2.24) is 10.2 Å². The lowest BCUT2D eigenvalue weighted by molar-refractivity contribution is -0.136. The molecule has 1 heterocycles. The van der Waals surface area contributed by atoms with Crippen LogP contribution in [0.25, 0.3) is 0 Å². The highest BCUT2D eigenvalue weighted by molar-refractivity contribution is 9.10. The number of carbonyl (C=O) groups excluding carboxylic acids is 3. The molecule has 7 nitrogen and oxygen atoms in total. The van der Waals surface area contributed by atoms with Crippen molar-refractivity contribution in [1.29, 1.82) is 0 Å². The van der Waals surface area contributed by atoms with E-state index in [1.165, 1.54) is 5.69 Å². The van der Waals surface area contributed by atoms with Crippen molar-refractivity contribution in [2.45, 2.75) is 13.0 Å². The number of hydrogen-bond donors (Lipinski definition) is 2. The lowest BCUT2D eigenvalue weighted by Gasteiger charge is -2.36. The molecular weight excluding hydrogens is 579 g/mol. The van der Waals surface area contributed by atoms with E-state index in [4.69, 9.17) is 23.2 Å². The van der Waals surface area contributed by atoms with Crippen molar-refractivity contribution in [2.24, 2.45) is 0 Å². The molecule has 0 radical (unpaired) electrons. The zero-order valence-electron chi connectivity index (χ0n) is 19.8. The van der Waals surface area contributed by atoms with Crippen molar-refractivity contribution in [2.75, 3.05) is 36.4 Å². The van der Waals surface area contributed by atoms with Crippen LogP contribution in [0.5, 0.6) is 0 Å². The molecule has 4 rings (SSSR count). The van der Waals surface area contributed by atoms with Gasteiger partial charge in [0.1, 0.15) is 0 Å². The monoisotopic (exact) mass is 602 g/mol. The highest BCUT2D eigenvalue weighted by atomic mass is 79.9. The molecule has 2 N–H and O–H groups in total. The molecule has 1 saturated heterocycles. The largest absolute Gasteiger partial charge is 0.368 e. The van der Waals surface area contributed by atoms with E-state index in [0.717, 1.165) is 18.7 Å². The predicted octanol–water partition coefficient (Wildman–Crippen LogP) is 4.90. The quantitative estimate of drug-likeness (QED) is 0.393. The minimum atomic E-state index is -0.816. The molecule has 0 spiro atoms. The van der Waals surface area contributed by atoms with Gasteiger partial charge in [0.2, 0.25) is 5.91 Å². The molecule has 1 fully saturated rings. The van der Waals surface area contributed by atoms with E-state index in [0.29, 0.717) is 38.9 Å². The molecular formula is C27H25BrCl2N4O3. The molecule has 0 aromatic heterocycles. The number of para-hydroxylation sites is 1. The summed E-state index contributed by atoms with van der Waals surface area (Å²) in [6.45, 7) is 2.95. The standard InChI is InChI=1S/C27H25BrCl2N4O3/c28-19-15-23(29)22(24(30)16-19)17-31-26(36)27(37)32-20-8-6-18(7-9-20)14-25(35)34-12-10-33(11-13-34)21-4-2-1-3-5-21/h1-9,15-16H,10-14,17H2,(H,31,36)(H,32,37). The number of nitrogens with zero attached hydrogens (tertiary/aromatic N) is 2. The molecule has 1 aliphatic rings. The fourth-order valence-corrected chi connectivity index (χ4v) is 5.37. The third-order valence-electron chi connectivity index (χ3n) is 6.06. The molecule has 10 heteroatoms. The van der Waals surface area contributed by atoms with Crippen LogP contribution in [0.3, 0.4) is 0 Å². The maximum atomic E-state index is 12.8. The van der Waals surface area contributed by atoms with Crippen LogP contribution in [0, 0.1) is 0 Å². The topological polar surface area (TPSA) is 81.8 Å². The summed E-state index contributed by atoms with van der Waals surface area (Å²) in [5.74, 6) is -1.57. The van der Waals surface area contributed by atoms with Crippen LogP contribution in [0.2, 0.25) is 10.0 Å². The average molecular weight is 604 g/mol. The molecule has 0 aliphatic carbocycles. The first kappa shape index (κ1) is 27.0. The molecule has 0 bridgehead atoms. The second-order valence-corrected chi connectivity index (χ2v) is 10.3. The lowest BCUT2D eigenvalue weighted by Crippen LogP contribution is -2.49. The van der Waals surface area contributed by atoms with Crippen molar-refractivity contribution in [3.8, 4) is 0 Å². The molecule has 1 aliphatic heterocycles. The number of carbonyl (C=O) groups is 3.